The van der Waals surface area contributed by atoms with Crippen LogP contribution in [0.4, 0.5) is 8.78 Å². The second kappa shape index (κ2) is 11.1. The highest BCUT2D eigenvalue weighted by molar-refractivity contribution is 5.85. The molecule has 0 aliphatic carbocycles. The molecule has 8 heteroatoms. The van der Waals surface area contributed by atoms with Crippen molar-refractivity contribution in [3.8, 4) is 0 Å². The summed E-state index contributed by atoms with van der Waals surface area (Å²) in [6, 6.07) is 3.74. The molecule has 154 valence electrons. The number of benzene rings is 1. The van der Waals surface area contributed by atoms with Crippen LogP contribution in [0, 0.1) is 17.6 Å². The lowest BCUT2D eigenvalue weighted by molar-refractivity contribution is -0.138. The Morgan fingerprint density at radius 2 is 1.93 bits per heavy atom. The first-order valence-corrected chi connectivity index (χ1v) is 9.28. The van der Waals surface area contributed by atoms with Gasteiger partial charge in [-0.2, -0.15) is 0 Å². The van der Waals surface area contributed by atoms with Crippen molar-refractivity contribution >= 4 is 30.7 Å². The maximum atomic E-state index is 14.2. The molecule has 2 aliphatic rings. The van der Waals surface area contributed by atoms with Crippen molar-refractivity contribution in [1.82, 2.24) is 15.1 Å². The summed E-state index contributed by atoms with van der Waals surface area (Å²) in [5.74, 6) is -0.698. The number of nitrogens with one attached hydrogen (secondary N) is 1. The molecule has 0 spiro atoms. The maximum absolute atomic E-state index is 14.2. The molecule has 2 unspecified atom stereocenters. The van der Waals surface area contributed by atoms with Crippen molar-refractivity contribution in [2.75, 3.05) is 39.3 Å². The molecule has 0 aromatic heterocycles. The average molecular weight is 424 g/mol. The number of nitrogens with zero attached hydrogens (tertiary/aromatic N) is 2. The zero-order valence-electron chi connectivity index (χ0n) is 15.6. The van der Waals surface area contributed by atoms with Gasteiger partial charge in [-0.15, -0.1) is 24.8 Å². The van der Waals surface area contributed by atoms with Crippen molar-refractivity contribution in [1.29, 1.82) is 0 Å². The van der Waals surface area contributed by atoms with Crippen LogP contribution in [0.5, 0.6) is 0 Å². The Bertz CT molecular complexity index is 607. The van der Waals surface area contributed by atoms with Crippen molar-refractivity contribution < 1.29 is 13.6 Å². The normalized spacial score (nSPS) is 21.7. The molecular weight excluding hydrogens is 395 g/mol. The molecule has 2 heterocycles. The Labute approximate surface area is 172 Å². The minimum atomic E-state index is -0.549. The van der Waals surface area contributed by atoms with Gasteiger partial charge in [-0.25, -0.2) is 8.78 Å². The molecule has 1 aromatic rings. The predicted molar refractivity (Wildman–Crippen MR) is 108 cm³/mol. The van der Waals surface area contributed by atoms with E-state index in [0.717, 1.165) is 51.5 Å². The van der Waals surface area contributed by atoms with Crippen LogP contribution in [0.25, 0.3) is 0 Å². The van der Waals surface area contributed by atoms with Crippen molar-refractivity contribution in [2.24, 2.45) is 5.92 Å². The van der Waals surface area contributed by atoms with Gasteiger partial charge >= 0.3 is 0 Å². The van der Waals surface area contributed by atoms with E-state index in [-0.39, 0.29) is 42.7 Å². The zero-order valence-corrected chi connectivity index (χ0v) is 17.3. The molecule has 1 N–H and O–H groups in total. The van der Waals surface area contributed by atoms with E-state index in [4.69, 9.17) is 0 Å². The highest BCUT2D eigenvalue weighted by Crippen LogP contribution is 2.28. The third-order valence-corrected chi connectivity index (χ3v) is 5.42. The summed E-state index contributed by atoms with van der Waals surface area (Å²) >= 11 is 0. The Hall–Kier alpha value is -0.950. The molecule has 4 nitrogen and oxygen atoms in total. The zero-order chi connectivity index (χ0) is 17.8. The summed E-state index contributed by atoms with van der Waals surface area (Å²) in [6.07, 6.45) is 2.77. The SMILES string of the molecule is CCC(c1ccc(F)cc1F)N1CCN(C(=O)C2CCCNC2)CC1.Cl.Cl. The number of carbonyl (C=O) groups excluding carboxylic acids is 1. The van der Waals surface area contributed by atoms with E-state index in [9.17, 15) is 13.6 Å². The Kier molecular flexibility index (Phi) is 9.95. The largest absolute Gasteiger partial charge is 0.340 e. The molecule has 1 amide bonds. The summed E-state index contributed by atoms with van der Waals surface area (Å²) in [5.41, 5.74) is 0.542. The number of hydrogen-bond donors (Lipinski definition) is 1. The standard InChI is InChI=1S/C19H27F2N3O.2ClH/c1-2-18(16-6-5-15(20)12-17(16)21)23-8-10-24(11-9-23)19(25)14-4-3-7-22-13-14;;/h5-6,12,14,18,22H,2-4,7-11,13H2,1H3;2*1H. The quantitative estimate of drug-likeness (QED) is 0.805. The van der Waals surface area contributed by atoms with Crippen molar-refractivity contribution in [3.05, 3.63) is 35.4 Å². The van der Waals surface area contributed by atoms with Crippen LogP contribution in [0.3, 0.4) is 0 Å². The van der Waals surface area contributed by atoms with Crippen molar-refractivity contribution in [2.45, 2.75) is 32.2 Å². The van der Waals surface area contributed by atoms with Gasteiger partial charge in [0.25, 0.3) is 0 Å². The van der Waals surface area contributed by atoms with Gasteiger partial charge in [-0.05, 0) is 31.9 Å². The first-order valence-electron chi connectivity index (χ1n) is 9.28. The fourth-order valence-electron chi connectivity index (χ4n) is 4.02. The lowest BCUT2D eigenvalue weighted by atomic mass is 9.97. The third-order valence-electron chi connectivity index (χ3n) is 5.42. The highest BCUT2D eigenvalue weighted by atomic mass is 35.5. The molecule has 3 rings (SSSR count). The topological polar surface area (TPSA) is 35.6 Å². The summed E-state index contributed by atoms with van der Waals surface area (Å²) in [4.78, 5) is 16.8. The van der Waals surface area contributed by atoms with Crippen molar-refractivity contribution in [3.63, 3.8) is 0 Å². The predicted octanol–water partition coefficient (Wildman–Crippen LogP) is 3.40. The van der Waals surface area contributed by atoms with Crippen LogP contribution >= 0.6 is 24.8 Å². The molecule has 27 heavy (non-hydrogen) atoms. The summed E-state index contributed by atoms with van der Waals surface area (Å²) < 4.78 is 27.3. The molecule has 0 radical (unpaired) electrons. The van der Waals surface area contributed by atoms with E-state index in [1.165, 1.54) is 6.07 Å². The lowest BCUT2D eigenvalue weighted by Gasteiger charge is -2.40. The van der Waals surface area contributed by atoms with Crippen LogP contribution in [0.2, 0.25) is 0 Å². The minimum absolute atomic E-state index is 0. The number of piperazine rings is 1. The maximum Gasteiger partial charge on any atom is 0.227 e. The molecule has 2 atom stereocenters. The summed E-state index contributed by atoms with van der Waals surface area (Å²) in [7, 11) is 0. The number of piperidine rings is 1. The fourth-order valence-corrected chi connectivity index (χ4v) is 4.02. The van der Waals surface area contributed by atoms with E-state index in [0.29, 0.717) is 18.7 Å². The molecule has 0 saturated carbocycles. The minimum Gasteiger partial charge on any atom is -0.340 e. The third kappa shape index (κ3) is 5.76. The Morgan fingerprint density at radius 3 is 2.48 bits per heavy atom. The van der Waals surface area contributed by atoms with E-state index >= 15 is 0 Å². The van der Waals surface area contributed by atoms with Crippen LogP contribution in [-0.2, 0) is 4.79 Å². The van der Waals surface area contributed by atoms with E-state index in [2.05, 4.69) is 10.2 Å². The number of amides is 1. The van der Waals surface area contributed by atoms with Gasteiger partial charge in [-0.3, -0.25) is 9.69 Å². The van der Waals surface area contributed by atoms with Gasteiger partial charge in [0.2, 0.25) is 5.91 Å². The van der Waals surface area contributed by atoms with E-state index in [1.807, 2.05) is 11.8 Å². The van der Waals surface area contributed by atoms with Gasteiger partial charge in [0.15, 0.2) is 0 Å². The molecular formula is C19H29Cl2F2N3O. The Morgan fingerprint density at radius 1 is 1.22 bits per heavy atom. The van der Waals surface area contributed by atoms with E-state index in [1.54, 1.807) is 6.07 Å². The van der Waals surface area contributed by atoms with E-state index < -0.39 is 11.6 Å². The number of halogens is 4. The van der Waals surface area contributed by atoms with Gasteiger partial charge in [0.05, 0.1) is 5.92 Å². The lowest BCUT2D eigenvalue weighted by Crippen LogP contribution is -2.52. The second-order valence-corrected chi connectivity index (χ2v) is 6.99. The Balaban J connectivity index is 0.00000182. The van der Waals surface area contributed by atoms with Crippen LogP contribution in [0.1, 0.15) is 37.8 Å². The second-order valence-electron chi connectivity index (χ2n) is 6.99. The van der Waals surface area contributed by atoms with Crippen LogP contribution in [0.15, 0.2) is 18.2 Å². The first kappa shape index (κ1) is 24.1. The monoisotopic (exact) mass is 423 g/mol. The first-order chi connectivity index (χ1) is 12.1. The average Bonchev–Trinajstić information content (AvgIpc) is 2.65. The molecule has 2 fully saturated rings. The summed E-state index contributed by atoms with van der Waals surface area (Å²) in [5, 5.41) is 3.29. The van der Waals surface area contributed by atoms with Crippen LogP contribution in [-0.4, -0.2) is 55.0 Å². The number of hydrogen-bond acceptors (Lipinski definition) is 3. The van der Waals surface area contributed by atoms with Gasteiger partial charge < -0.3 is 10.2 Å². The molecule has 1 aromatic carbocycles. The van der Waals surface area contributed by atoms with Gasteiger partial charge in [0, 0.05) is 50.4 Å². The summed E-state index contributed by atoms with van der Waals surface area (Å²) in [6.45, 7) is 6.58. The molecule has 0 bridgehead atoms. The fraction of sp³-hybridized carbons (Fsp3) is 0.632. The molecule has 2 aliphatic heterocycles. The van der Waals surface area contributed by atoms with Gasteiger partial charge in [0.1, 0.15) is 11.6 Å². The number of carbonyl (C=O) groups is 1. The van der Waals surface area contributed by atoms with Gasteiger partial charge in [-0.1, -0.05) is 13.0 Å². The highest BCUT2D eigenvalue weighted by Gasteiger charge is 2.31. The van der Waals surface area contributed by atoms with Crippen LogP contribution < -0.4 is 5.32 Å². The number of rotatable bonds is 4. The smallest absolute Gasteiger partial charge is 0.227 e. The molecule has 2 saturated heterocycles.